The predicted octanol–water partition coefficient (Wildman–Crippen LogP) is 3.95. The van der Waals surface area contributed by atoms with E-state index < -0.39 is 35.1 Å². The first-order valence-corrected chi connectivity index (χ1v) is 8.99. The summed E-state index contributed by atoms with van der Waals surface area (Å²) in [7, 11) is 1.25. The number of carbonyl (C=O) groups excluding carboxylic acids is 1. The van der Waals surface area contributed by atoms with Crippen LogP contribution in [-0.4, -0.2) is 52.4 Å². The lowest BCUT2D eigenvalue weighted by Crippen LogP contribution is -2.46. The van der Waals surface area contributed by atoms with Crippen molar-refractivity contribution in [2.24, 2.45) is 11.0 Å². The van der Waals surface area contributed by atoms with E-state index in [1.165, 1.54) is 13.1 Å². The number of amides is 1. The van der Waals surface area contributed by atoms with Crippen LogP contribution in [0.1, 0.15) is 42.6 Å². The Hall–Kier alpha value is -2.29. The summed E-state index contributed by atoms with van der Waals surface area (Å²) in [5.74, 6) is -1.87. The molecular weight excluding hydrogens is 399 g/mol. The third-order valence-corrected chi connectivity index (χ3v) is 5.08. The molecule has 1 saturated heterocycles. The maximum Gasteiger partial charge on any atom is 0.417 e. The average molecular weight is 420 g/mol. The average Bonchev–Trinajstić information content (AvgIpc) is 2.59. The van der Waals surface area contributed by atoms with Crippen LogP contribution in [0, 0.1) is 5.92 Å². The molecule has 0 radical (unpaired) electrons. The van der Waals surface area contributed by atoms with Crippen molar-refractivity contribution in [3.05, 3.63) is 34.3 Å². The molecule has 2 rings (SSSR count). The molecule has 1 aliphatic rings. The van der Waals surface area contributed by atoms with Gasteiger partial charge in [-0.3, -0.25) is 9.59 Å². The monoisotopic (exact) mass is 419 g/mol. The predicted molar refractivity (Wildman–Crippen MR) is 98.2 cm³/mol. The summed E-state index contributed by atoms with van der Waals surface area (Å²) < 4.78 is 39.7. The fraction of sp³-hybridized carbons (Fsp3) is 0.500. The summed E-state index contributed by atoms with van der Waals surface area (Å²) in [5.41, 5.74) is -1.78. The van der Waals surface area contributed by atoms with E-state index in [0.717, 1.165) is 17.1 Å². The molecule has 0 aromatic heterocycles. The molecule has 0 aliphatic carbocycles. The minimum Gasteiger partial charge on any atom is -0.481 e. The number of benzene rings is 1. The minimum atomic E-state index is -4.73. The normalized spacial score (nSPS) is 20.8. The Morgan fingerprint density at radius 1 is 1.36 bits per heavy atom. The van der Waals surface area contributed by atoms with Crippen molar-refractivity contribution >= 4 is 29.3 Å². The number of likely N-dealkylation sites (tertiary alicyclic amines) is 1. The largest absolute Gasteiger partial charge is 0.481 e. The standard InChI is InChI=1S/C18H21ClF3N3O3/c1-10-9-12(17(27)28)7-8-25(10)11(2)23-24(3)16(26)15-13(18(20,21)22)5-4-6-14(15)19/h4-6,10,12H,7-9H2,1-3H3,(H,27,28). The highest BCUT2D eigenvalue weighted by Gasteiger charge is 2.37. The highest BCUT2D eigenvalue weighted by Crippen LogP contribution is 2.35. The molecule has 2 atom stereocenters. The molecule has 1 heterocycles. The number of halogens is 4. The molecular formula is C18H21ClF3N3O3. The molecule has 1 amide bonds. The third kappa shape index (κ3) is 4.76. The van der Waals surface area contributed by atoms with E-state index in [-0.39, 0.29) is 11.1 Å². The fourth-order valence-electron chi connectivity index (χ4n) is 3.34. The number of hydrogen-bond acceptors (Lipinski definition) is 3. The first-order chi connectivity index (χ1) is 12.9. The summed E-state index contributed by atoms with van der Waals surface area (Å²) in [5, 5.41) is 13.8. The summed E-state index contributed by atoms with van der Waals surface area (Å²) in [4.78, 5) is 25.6. The Bertz CT molecular complexity index is 798. The van der Waals surface area contributed by atoms with Crippen molar-refractivity contribution in [1.82, 2.24) is 9.91 Å². The van der Waals surface area contributed by atoms with Crippen LogP contribution >= 0.6 is 11.6 Å². The minimum absolute atomic E-state index is 0.131. The summed E-state index contributed by atoms with van der Waals surface area (Å²) in [6, 6.07) is 3.01. The van der Waals surface area contributed by atoms with E-state index in [4.69, 9.17) is 16.7 Å². The number of alkyl halides is 3. The van der Waals surface area contributed by atoms with E-state index in [0.29, 0.717) is 25.2 Å². The van der Waals surface area contributed by atoms with Gasteiger partial charge >= 0.3 is 12.1 Å². The van der Waals surface area contributed by atoms with Crippen LogP contribution in [0.2, 0.25) is 5.02 Å². The smallest absolute Gasteiger partial charge is 0.417 e. The van der Waals surface area contributed by atoms with E-state index in [2.05, 4.69) is 5.10 Å². The molecule has 2 unspecified atom stereocenters. The second kappa shape index (κ2) is 8.38. The fourth-order valence-corrected chi connectivity index (χ4v) is 3.59. The molecule has 0 bridgehead atoms. The number of aliphatic carboxylic acids is 1. The number of hydrogen-bond donors (Lipinski definition) is 1. The van der Waals surface area contributed by atoms with Crippen molar-refractivity contribution in [3.63, 3.8) is 0 Å². The first kappa shape index (κ1) is 22.0. The number of carbonyl (C=O) groups is 2. The molecule has 0 spiro atoms. The van der Waals surface area contributed by atoms with Gasteiger partial charge in [0.2, 0.25) is 0 Å². The van der Waals surface area contributed by atoms with Crippen LogP contribution in [-0.2, 0) is 11.0 Å². The van der Waals surface area contributed by atoms with Crippen LogP contribution in [0.25, 0.3) is 0 Å². The number of carboxylic acids is 1. The van der Waals surface area contributed by atoms with Crippen molar-refractivity contribution in [2.45, 2.75) is 38.9 Å². The Morgan fingerprint density at radius 2 is 2.00 bits per heavy atom. The number of amidine groups is 1. The van der Waals surface area contributed by atoms with Crippen molar-refractivity contribution in [3.8, 4) is 0 Å². The zero-order valence-corrected chi connectivity index (χ0v) is 16.4. The Balaban J connectivity index is 2.24. The van der Waals surface area contributed by atoms with E-state index in [9.17, 15) is 22.8 Å². The molecule has 10 heteroatoms. The highest BCUT2D eigenvalue weighted by molar-refractivity contribution is 6.34. The molecule has 1 aliphatic heterocycles. The molecule has 154 valence electrons. The Kier molecular flexibility index (Phi) is 6.59. The molecule has 6 nitrogen and oxygen atoms in total. The summed E-state index contributed by atoms with van der Waals surface area (Å²) >= 11 is 5.87. The van der Waals surface area contributed by atoms with Gasteiger partial charge in [0.05, 0.1) is 22.1 Å². The van der Waals surface area contributed by atoms with Crippen LogP contribution in [0.5, 0.6) is 0 Å². The number of piperidine rings is 1. The van der Waals surface area contributed by atoms with Gasteiger partial charge in [0.25, 0.3) is 5.91 Å². The maximum absolute atomic E-state index is 13.2. The number of hydrazone groups is 1. The van der Waals surface area contributed by atoms with Gasteiger partial charge in [-0.2, -0.15) is 18.3 Å². The molecule has 0 saturated carbocycles. The maximum atomic E-state index is 13.2. The zero-order valence-electron chi connectivity index (χ0n) is 15.6. The second-order valence-corrected chi connectivity index (χ2v) is 7.15. The van der Waals surface area contributed by atoms with Gasteiger partial charge in [-0.05, 0) is 38.8 Å². The summed E-state index contributed by atoms with van der Waals surface area (Å²) in [6.07, 6.45) is -3.89. The number of nitrogens with zero attached hydrogens (tertiary/aromatic N) is 3. The van der Waals surface area contributed by atoms with Crippen molar-refractivity contribution in [2.75, 3.05) is 13.6 Å². The second-order valence-electron chi connectivity index (χ2n) is 6.74. The van der Waals surface area contributed by atoms with Crippen LogP contribution in [0.3, 0.4) is 0 Å². The van der Waals surface area contributed by atoms with Gasteiger partial charge in [-0.1, -0.05) is 17.7 Å². The van der Waals surface area contributed by atoms with Gasteiger partial charge < -0.3 is 10.0 Å². The molecule has 1 aromatic carbocycles. The first-order valence-electron chi connectivity index (χ1n) is 8.62. The van der Waals surface area contributed by atoms with E-state index in [1.807, 2.05) is 11.8 Å². The lowest BCUT2D eigenvalue weighted by molar-refractivity contribution is -0.143. The van der Waals surface area contributed by atoms with Crippen LogP contribution < -0.4 is 0 Å². The Labute approximate surface area is 165 Å². The van der Waals surface area contributed by atoms with Crippen molar-refractivity contribution < 1.29 is 27.9 Å². The SMILES string of the molecule is CC(=NN(C)C(=O)c1c(Cl)cccc1C(F)(F)F)N1CCC(C(=O)O)CC1C. The quantitative estimate of drug-likeness (QED) is 0.457. The number of rotatable bonds is 3. The molecule has 1 fully saturated rings. The van der Waals surface area contributed by atoms with Gasteiger partial charge in [-0.25, -0.2) is 5.01 Å². The topological polar surface area (TPSA) is 73.2 Å². The molecule has 1 aromatic rings. The van der Waals surface area contributed by atoms with Crippen molar-refractivity contribution in [1.29, 1.82) is 0 Å². The van der Waals surface area contributed by atoms with E-state index >= 15 is 0 Å². The van der Waals surface area contributed by atoms with Crippen LogP contribution in [0.15, 0.2) is 23.3 Å². The lowest BCUT2D eigenvalue weighted by atomic mass is 9.92. The van der Waals surface area contributed by atoms with Gasteiger partial charge in [-0.15, -0.1) is 0 Å². The van der Waals surface area contributed by atoms with Gasteiger partial charge in [0.15, 0.2) is 0 Å². The summed E-state index contributed by atoms with van der Waals surface area (Å²) in [6.45, 7) is 3.89. The van der Waals surface area contributed by atoms with Gasteiger partial charge in [0, 0.05) is 19.6 Å². The van der Waals surface area contributed by atoms with Gasteiger partial charge in [0.1, 0.15) is 5.84 Å². The zero-order chi connectivity index (χ0) is 21.2. The molecule has 28 heavy (non-hydrogen) atoms. The highest BCUT2D eigenvalue weighted by atomic mass is 35.5. The third-order valence-electron chi connectivity index (χ3n) is 4.76. The molecule has 1 N–H and O–H groups in total. The number of carboxylic acid groups (broad SMARTS) is 1. The Morgan fingerprint density at radius 3 is 2.54 bits per heavy atom. The van der Waals surface area contributed by atoms with E-state index in [1.54, 1.807) is 6.92 Å². The van der Waals surface area contributed by atoms with Crippen LogP contribution in [0.4, 0.5) is 13.2 Å². The lowest BCUT2D eigenvalue weighted by Gasteiger charge is -2.37.